The third-order valence-electron chi connectivity index (χ3n) is 14.0. The minimum atomic E-state index is -0.0624. The molecule has 0 saturated heterocycles. The van der Waals surface area contributed by atoms with Gasteiger partial charge in [0.2, 0.25) is 0 Å². The summed E-state index contributed by atoms with van der Waals surface area (Å²) in [5.41, 5.74) is 5.70. The van der Waals surface area contributed by atoms with Gasteiger partial charge in [0, 0.05) is 32.8 Å². The highest BCUT2D eigenvalue weighted by Crippen LogP contribution is 2.21. The summed E-state index contributed by atoms with van der Waals surface area (Å²) in [6, 6.07) is 0. The van der Waals surface area contributed by atoms with Crippen LogP contribution in [0, 0.1) is 0 Å². The second kappa shape index (κ2) is 58.8. The Morgan fingerprint density at radius 1 is 0.309 bits per heavy atom. The summed E-state index contributed by atoms with van der Waals surface area (Å²) in [7, 11) is 0. The van der Waals surface area contributed by atoms with E-state index in [1.54, 1.807) is 0 Å². The van der Waals surface area contributed by atoms with Gasteiger partial charge >= 0.3 is 5.97 Å². The molecule has 0 spiro atoms. The monoisotopic (exact) mass is 966 g/mol. The van der Waals surface area contributed by atoms with Crippen molar-refractivity contribution >= 4 is 5.97 Å². The molecule has 0 aliphatic carbocycles. The standard InChI is InChI=1S/C61H123NO6/c1-5-9-13-17-27-35-43-54-64-60(65-55-44-36-28-18-14-10-6-2)51-41-33-25-21-23-31-39-48-58(68-59(63)50-47-53-62)49-40-32-24-22-26-34-42-52-61(66-56-45-37-29-19-15-11-7-3)67-57-46-38-30-20-16-12-8-4/h58,60-61H,5-57,62H2,1-4H3. The predicted molar refractivity (Wildman–Crippen MR) is 295 cm³/mol. The van der Waals surface area contributed by atoms with Crippen molar-refractivity contribution in [2.45, 2.75) is 355 Å². The lowest BCUT2D eigenvalue weighted by atomic mass is 10.0. The molecule has 0 atom stereocenters. The lowest BCUT2D eigenvalue weighted by molar-refractivity contribution is -0.150. The molecule has 408 valence electrons. The molecular formula is C61H123NO6. The van der Waals surface area contributed by atoms with Crippen molar-refractivity contribution in [1.29, 1.82) is 0 Å². The highest BCUT2D eigenvalue weighted by molar-refractivity contribution is 5.69. The van der Waals surface area contributed by atoms with Crippen molar-refractivity contribution < 1.29 is 28.5 Å². The summed E-state index contributed by atoms with van der Waals surface area (Å²) in [6.45, 7) is 13.0. The van der Waals surface area contributed by atoms with Gasteiger partial charge in [-0.2, -0.15) is 0 Å². The van der Waals surface area contributed by atoms with Crippen LogP contribution in [0.25, 0.3) is 0 Å². The van der Waals surface area contributed by atoms with Gasteiger partial charge in [-0.3, -0.25) is 4.79 Å². The van der Waals surface area contributed by atoms with Gasteiger partial charge in [-0.15, -0.1) is 0 Å². The molecule has 0 fully saturated rings. The maximum atomic E-state index is 12.6. The Balaban J connectivity index is 4.44. The van der Waals surface area contributed by atoms with Crippen LogP contribution in [0.5, 0.6) is 0 Å². The molecule has 0 rings (SSSR count). The van der Waals surface area contributed by atoms with Gasteiger partial charge in [-0.05, 0) is 90.0 Å². The maximum Gasteiger partial charge on any atom is 0.306 e. The molecule has 0 radical (unpaired) electrons. The third-order valence-corrected chi connectivity index (χ3v) is 14.0. The number of ether oxygens (including phenoxy) is 5. The lowest BCUT2D eigenvalue weighted by Gasteiger charge is -2.19. The van der Waals surface area contributed by atoms with E-state index in [0.717, 1.165) is 90.6 Å². The van der Waals surface area contributed by atoms with E-state index in [-0.39, 0.29) is 24.7 Å². The molecule has 0 saturated carbocycles. The zero-order valence-corrected chi connectivity index (χ0v) is 46.7. The summed E-state index contributed by atoms with van der Waals surface area (Å²) in [5, 5.41) is 0. The number of hydrogen-bond donors (Lipinski definition) is 1. The quantitative estimate of drug-likeness (QED) is 0.0369. The molecule has 0 unspecified atom stereocenters. The Morgan fingerprint density at radius 2 is 0.544 bits per heavy atom. The summed E-state index contributed by atoms with van der Waals surface area (Å²) in [6.07, 6.45) is 59.2. The minimum Gasteiger partial charge on any atom is -0.462 e. The maximum absolute atomic E-state index is 12.6. The largest absolute Gasteiger partial charge is 0.462 e. The Hall–Kier alpha value is -0.730. The number of carbonyl (C=O) groups is 1. The van der Waals surface area contributed by atoms with Crippen LogP contribution < -0.4 is 5.73 Å². The van der Waals surface area contributed by atoms with Gasteiger partial charge in [0.25, 0.3) is 0 Å². The zero-order chi connectivity index (χ0) is 49.3. The molecular weight excluding hydrogens is 843 g/mol. The first kappa shape index (κ1) is 67.3. The lowest BCUT2D eigenvalue weighted by Crippen LogP contribution is -2.19. The Morgan fingerprint density at radius 3 is 0.809 bits per heavy atom. The fourth-order valence-corrected chi connectivity index (χ4v) is 9.41. The minimum absolute atomic E-state index is 0.0305. The number of unbranched alkanes of at least 4 members (excludes halogenated alkanes) is 36. The fraction of sp³-hybridized carbons (Fsp3) is 0.984. The average molecular weight is 967 g/mol. The third kappa shape index (κ3) is 53.1. The van der Waals surface area contributed by atoms with Gasteiger partial charge in [-0.25, -0.2) is 0 Å². The summed E-state index contributed by atoms with van der Waals surface area (Å²) in [4.78, 5) is 12.6. The molecule has 0 amide bonds. The van der Waals surface area contributed by atoms with Crippen molar-refractivity contribution in [1.82, 2.24) is 0 Å². The van der Waals surface area contributed by atoms with Crippen LogP contribution in [0.1, 0.15) is 336 Å². The highest BCUT2D eigenvalue weighted by atomic mass is 16.7. The normalized spacial score (nSPS) is 11.9. The molecule has 7 heteroatoms. The molecule has 7 nitrogen and oxygen atoms in total. The van der Waals surface area contributed by atoms with Gasteiger partial charge in [-0.1, -0.05) is 246 Å². The molecule has 0 bridgehead atoms. The number of carbonyl (C=O) groups excluding carboxylic acids is 1. The highest BCUT2D eigenvalue weighted by Gasteiger charge is 2.15. The van der Waals surface area contributed by atoms with E-state index in [1.165, 1.54) is 231 Å². The molecule has 0 heterocycles. The fourth-order valence-electron chi connectivity index (χ4n) is 9.41. The molecule has 0 aliphatic rings. The summed E-state index contributed by atoms with van der Waals surface area (Å²) < 4.78 is 31.2. The zero-order valence-electron chi connectivity index (χ0n) is 46.7. The van der Waals surface area contributed by atoms with Crippen LogP contribution >= 0.6 is 0 Å². The van der Waals surface area contributed by atoms with E-state index in [9.17, 15) is 4.79 Å². The van der Waals surface area contributed by atoms with Gasteiger partial charge in [0.05, 0.1) is 0 Å². The van der Waals surface area contributed by atoms with E-state index < -0.39 is 0 Å². The van der Waals surface area contributed by atoms with Crippen molar-refractivity contribution in [3.63, 3.8) is 0 Å². The first-order valence-electron chi connectivity index (χ1n) is 31.0. The number of esters is 1. The van der Waals surface area contributed by atoms with Gasteiger partial charge in [0.1, 0.15) is 6.10 Å². The van der Waals surface area contributed by atoms with E-state index >= 15 is 0 Å². The Bertz CT molecular complexity index is 834. The molecule has 68 heavy (non-hydrogen) atoms. The summed E-state index contributed by atoms with van der Waals surface area (Å²) in [5.74, 6) is -0.0624. The SMILES string of the molecule is CCCCCCCCCOC(CCCCCCCCCC(CCCCCCCCCC(OCCCCCCCCC)OCCCCCCCCC)OC(=O)CCCN)OCCCCCCCCC. The first-order valence-corrected chi connectivity index (χ1v) is 31.0. The Kier molecular flexibility index (Phi) is 58.2. The van der Waals surface area contributed by atoms with Crippen LogP contribution in [-0.2, 0) is 28.5 Å². The van der Waals surface area contributed by atoms with Crippen molar-refractivity contribution in [3.05, 3.63) is 0 Å². The topological polar surface area (TPSA) is 89.2 Å². The molecule has 2 N–H and O–H groups in total. The van der Waals surface area contributed by atoms with Crippen molar-refractivity contribution in [2.75, 3.05) is 33.0 Å². The van der Waals surface area contributed by atoms with Crippen molar-refractivity contribution in [2.24, 2.45) is 5.73 Å². The molecule has 0 aromatic carbocycles. The summed E-state index contributed by atoms with van der Waals surface area (Å²) >= 11 is 0. The molecule has 0 aliphatic heterocycles. The smallest absolute Gasteiger partial charge is 0.306 e. The van der Waals surface area contributed by atoms with Crippen LogP contribution in [-0.4, -0.2) is 57.6 Å². The van der Waals surface area contributed by atoms with Gasteiger partial charge in [0.15, 0.2) is 12.6 Å². The molecule has 0 aromatic rings. The van der Waals surface area contributed by atoms with Crippen molar-refractivity contribution in [3.8, 4) is 0 Å². The average Bonchev–Trinajstić information content (AvgIpc) is 3.34. The second-order valence-corrected chi connectivity index (χ2v) is 20.9. The number of nitrogens with two attached hydrogens (primary N) is 1. The van der Waals surface area contributed by atoms with E-state index in [2.05, 4.69) is 27.7 Å². The van der Waals surface area contributed by atoms with Crippen LogP contribution in [0.15, 0.2) is 0 Å². The van der Waals surface area contributed by atoms with E-state index in [0.29, 0.717) is 19.4 Å². The van der Waals surface area contributed by atoms with Crippen LogP contribution in [0.4, 0.5) is 0 Å². The van der Waals surface area contributed by atoms with E-state index in [1.807, 2.05) is 0 Å². The number of hydrogen-bond acceptors (Lipinski definition) is 7. The van der Waals surface area contributed by atoms with Gasteiger partial charge < -0.3 is 29.4 Å². The van der Waals surface area contributed by atoms with Crippen LogP contribution in [0.3, 0.4) is 0 Å². The number of rotatable bonds is 60. The second-order valence-electron chi connectivity index (χ2n) is 20.9. The van der Waals surface area contributed by atoms with E-state index in [4.69, 9.17) is 29.4 Å². The predicted octanol–water partition coefficient (Wildman–Crippen LogP) is 19.4. The first-order chi connectivity index (χ1) is 33.6. The molecule has 0 aromatic heterocycles. The van der Waals surface area contributed by atoms with Crippen LogP contribution in [0.2, 0.25) is 0 Å². The Labute approximate surface area is 426 Å².